The second kappa shape index (κ2) is 9.94. The number of hydrogen-bond acceptors (Lipinski definition) is 6. The molecule has 0 saturated carbocycles. The minimum atomic E-state index is -0.532. The van der Waals surface area contributed by atoms with Crippen LogP contribution < -0.4 is 11.1 Å². The zero-order chi connectivity index (χ0) is 25.2. The summed E-state index contributed by atoms with van der Waals surface area (Å²) < 4.78 is 0. The third-order valence-corrected chi connectivity index (χ3v) is 6.76. The third kappa shape index (κ3) is 4.74. The Balaban J connectivity index is 1.30. The normalized spacial score (nSPS) is 15.5. The van der Waals surface area contributed by atoms with Gasteiger partial charge in [0.1, 0.15) is 17.7 Å². The van der Waals surface area contributed by atoms with Gasteiger partial charge in [0, 0.05) is 48.7 Å². The van der Waals surface area contributed by atoms with E-state index in [-0.39, 0.29) is 11.8 Å². The summed E-state index contributed by atoms with van der Waals surface area (Å²) in [5, 5.41) is 5.05. The molecular formula is C27H31N7O2. The summed E-state index contributed by atoms with van der Waals surface area (Å²) in [6.07, 6.45) is 1.80. The van der Waals surface area contributed by atoms with Crippen molar-refractivity contribution in [2.24, 2.45) is 11.7 Å². The van der Waals surface area contributed by atoms with Crippen molar-refractivity contribution in [2.45, 2.75) is 26.4 Å². The van der Waals surface area contributed by atoms with Gasteiger partial charge in [-0.2, -0.15) is 0 Å². The van der Waals surface area contributed by atoms with Gasteiger partial charge in [0.15, 0.2) is 0 Å². The number of carbonyl (C=O) groups is 2. The van der Waals surface area contributed by atoms with Gasteiger partial charge in [0.05, 0.1) is 17.6 Å². The van der Waals surface area contributed by atoms with Crippen molar-refractivity contribution < 1.29 is 9.59 Å². The quantitative estimate of drug-likeness (QED) is 0.370. The largest absolute Gasteiger partial charge is 0.368 e. The summed E-state index contributed by atoms with van der Waals surface area (Å²) in [6, 6.07) is 15.1. The fraction of sp³-hybridized carbons (Fsp3) is 0.333. The van der Waals surface area contributed by atoms with Gasteiger partial charge in [-0.15, -0.1) is 0 Å². The molecule has 4 aromatic rings. The lowest BCUT2D eigenvalue weighted by molar-refractivity contribution is -0.119. The van der Waals surface area contributed by atoms with E-state index in [4.69, 9.17) is 15.7 Å². The molecule has 4 N–H and O–H groups in total. The van der Waals surface area contributed by atoms with Gasteiger partial charge in [-0.05, 0) is 24.1 Å². The fourth-order valence-corrected chi connectivity index (χ4v) is 4.75. The van der Waals surface area contributed by atoms with Gasteiger partial charge in [-0.1, -0.05) is 44.2 Å². The van der Waals surface area contributed by atoms with Crippen molar-refractivity contribution >= 4 is 39.4 Å². The van der Waals surface area contributed by atoms with Crippen molar-refractivity contribution in [1.29, 1.82) is 0 Å². The molecule has 2 aromatic carbocycles. The smallest absolute Gasteiger partial charge is 0.256 e. The molecule has 0 bridgehead atoms. The molecular weight excluding hydrogens is 454 g/mol. The van der Waals surface area contributed by atoms with Crippen LogP contribution in [0.25, 0.3) is 21.8 Å². The summed E-state index contributed by atoms with van der Waals surface area (Å²) in [6.45, 7) is 7.17. The van der Waals surface area contributed by atoms with E-state index >= 15 is 0 Å². The molecule has 3 heterocycles. The highest BCUT2D eigenvalue weighted by Gasteiger charge is 2.25. The maximum atomic E-state index is 13.2. The second-order valence-corrected chi connectivity index (χ2v) is 9.59. The van der Waals surface area contributed by atoms with E-state index in [9.17, 15) is 9.59 Å². The first-order valence-electron chi connectivity index (χ1n) is 12.3. The predicted molar refractivity (Wildman–Crippen MR) is 140 cm³/mol. The van der Waals surface area contributed by atoms with Gasteiger partial charge < -0.3 is 20.9 Å². The van der Waals surface area contributed by atoms with Crippen molar-refractivity contribution in [3.05, 3.63) is 66.1 Å². The molecule has 186 valence electrons. The highest BCUT2D eigenvalue weighted by atomic mass is 16.2. The van der Waals surface area contributed by atoms with Crippen molar-refractivity contribution in [2.75, 3.05) is 31.5 Å². The number of fused-ring (bicyclic) bond motifs is 2. The number of nitrogens with one attached hydrogen (secondary N) is 2. The van der Waals surface area contributed by atoms with E-state index in [0.717, 1.165) is 34.9 Å². The van der Waals surface area contributed by atoms with Crippen LogP contribution in [0.2, 0.25) is 0 Å². The van der Waals surface area contributed by atoms with Crippen LogP contribution in [0.15, 0.2) is 54.7 Å². The van der Waals surface area contributed by atoms with Crippen LogP contribution >= 0.6 is 0 Å². The van der Waals surface area contributed by atoms with Crippen LogP contribution in [0, 0.1) is 5.92 Å². The molecule has 2 aromatic heterocycles. The number of hydrogen-bond donors (Lipinski definition) is 3. The molecule has 9 heteroatoms. The molecule has 1 aliphatic heterocycles. The van der Waals surface area contributed by atoms with Crippen molar-refractivity contribution in [3.63, 3.8) is 0 Å². The Kier molecular flexibility index (Phi) is 6.56. The van der Waals surface area contributed by atoms with E-state index in [1.165, 1.54) is 0 Å². The Hall–Kier alpha value is -3.98. The second-order valence-electron chi connectivity index (χ2n) is 9.59. The van der Waals surface area contributed by atoms with Crippen LogP contribution in [0.4, 0.5) is 5.82 Å². The summed E-state index contributed by atoms with van der Waals surface area (Å²) >= 11 is 0. The number of H-pyrrole nitrogens is 1. The van der Waals surface area contributed by atoms with Gasteiger partial charge >= 0.3 is 0 Å². The average molecular weight is 486 g/mol. The lowest BCUT2D eigenvalue weighted by Gasteiger charge is -2.34. The van der Waals surface area contributed by atoms with Crippen LogP contribution in [-0.2, 0) is 11.3 Å². The Labute approximate surface area is 209 Å². The topological polar surface area (TPSA) is 120 Å². The number of amides is 2. The number of nitrogens with two attached hydrogens (primary N) is 1. The number of para-hydroxylation sites is 2. The number of piperazine rings is 1. The van der Waals surface area contributed by atoms with Crippen molar-refractivity contribution in [3.8, 4) is 0 Å². The summed E-state index contributed by atoms with van der Waals surface area (Å²) in [5.74, 6) is 0.931. The Morgan fingerprint density at radius 1 is 1.00 bits per heavy atom. The fourth-order valence-electron chi connectivity index (χ4n) is 4.75. The average Bonchev–Trinajstić information content (AvgIpc) is 3.31. The Morgan fingerprint density at radius 2 is 1.69 bits per heavy atom. The van der Waals surface area contributed by atoms with Gasteiger partial charge in [-0.25, -0.2) is 9.97 Å². The SMILES string of the molecule is CC(C)[C@H](Nc1nc(CN2CCN(C(=O)c3c[nH]c4ccccc34)CC2)nc2ccccc12)C(N)=O. The maximum Gasteiger partial charge on any atom is 0.256 e. The molecule has 5 rings (SSSR count). The van der Waals surface area contributed by atoms with E-state index in [1.807, 2.05) is 67.3 Å². The first kappa shape index (κ1) is 23.7. The van der Waals surface area contributed by atoms with E-state index in [2.05, 4.69) is 15.2 Å². The molecule has 0 unspecified atom stereocenters. The van der Waals surface area contributed by atoms with Crippen LogP contribution in [0.1, 0.15) is 30.0 Å². The molecule has 2 amide bonds. The number of benzene rings is 2. The number of nitrogens with zero attached hydrogens (tertiary/aromatic N) is 4. The minimum absolute atomic E-state index is 0.0161. The van der Waals surface area contributed by atoms with Crippen LogP contribution in [0.3, 0.4) is 0 Å². The number of aromatic amines is 1. The molecule has 0 spiro atoms. The number of anilines is 1. The highest BCUT2D eigenvalue weighted by Crippen LogP contribution is 2.24. The monoisotopic (exact) mass is 485 g/mol. The molecule has 1 atom stereocenters. The van der Waals surface area contributed by atoms with Crippen LogP contribution in [-0.4, -0.2) is 68.8 Å². The van der Waals surface area contributed by atoms with Gasteiger partial charge in [0.25, 0.3) is 5.91 Å². The van der Waals surface area contributed by atoms with Crippen LogP contribution in [0.5, 0.6) is 0 Å². The molecule has 36 heavy (non-hydrogen) atoms. The Bertz CT molecular complexity index is 1410. The van der Waals surface area contributed by atoms with Gasteiger partial charge in [-0.3, -0.25) is 14.5 Å². The lowest BCUT2D eigenvalue weighted by Crippen LogP contribution is -2.48. The third-order valence-electron chi connectivity index (χ3n) is 6.76. The summed E-state index contributed by atoms with van der Waals surface area (Å²) in [4.78, 5) is 42.0. The predicted octanol–water partition coefficient (Wildman–Crippen LogP) is 2.99. The first-order valence-corrected chi connectivity index (χ1v) is 12.3. The molecule has 1 saturated heterocycles. The standard InChI is InChI=1S/C27H31N7O2/c1-17(2)24(25(28)35)32-26-19-8-4-6-10-22(19)30-23(31-26)16-33-11-13-34(14-12-33)27(36)20-15-29-21-9-5-3-7-18(20)21/h3-10,15,17,24,29H,11-14,16H2,1-2H3,(H2,28,35)(H,30,31,32)/t24-/m0/s1. The number of aromatic nitrogens is 3. The Morgan fingerprint density at radius 3 is 2.42 bits per heavy atom. The lowest BCUT2D eigenvalue weighted by atomic mass is 10.0. The molecule has 0 radical (unpaired) electrons. The molecule has 1 fully saturated rings. The zero-order valence-corrected chi connectivity index (χ0v) is 20.6. The minimum Gasteiger partial charge on any atom is -0.368 e. The number of primary amides is 1. The summed E-state index contributed by atoms with van der Waals surface area (Å²) in [7, 11) is 0. The van der Waals surface area contributed by atoms with E-state index < -0.39 is 11.9 Å². The molecule has 1 aliphatic rings. The maximum absolute atomic E-state index is 13.2. The van der Waals surface area contributed by atoms with E-state index in [1.54, 1.807) is 6.20 Å². The van der Waals surface area contributed by atoms with Crippen molar-refractivity contribution in [1.82, 2.24) is 24.8 Å². The van der Waals surface area contributed by atoms with Gasteiger partial charge in [0.2, 0.25) is 5.91 Å². The highest BCUT2D eigenvalue weighted by molar-refractivity contribution is 6.06. The molecule has 9 nitrogen and oxygen atoms in total. The summed E-state index contributed by atoms with van der Waals surface area (Å²) in [5.41, 5.74) is 8.12. The molecule has 0 aliphatic carbocycles. The first-order chi connectivity index (χ1) is 17.4. The number of carbonyl (C=O) groups excluding carboxylic acids is 2. The zero-order valence-electron chi connectivity index (χ0n) is 20.6. The van der Waals surface area contributed by atoms with E-state index in [0.29, 0.717) is 36.8 Å². The number of rotatable bonds is 7.